The Labute approximate surface area is 99.3 Å². The van der Waals surface area contributed by atoms with Crippen LogP contribution in [-0.4, -0.2) is 13.6 Å². The summed E-state index contributed by atoms with van der Waals surface area (Å²) in [4.78, 5) is 0. The molecule has 1 fully saturated rings. The van der Waals surface area contributed by atoms with Crippen LogP contribution >= 0.6 is 0 Å². The van der Waals surface area contributed by atoms with Crippen molar-refractivity contribution in [3.05, 3.63) is 35.4 Å². The van der Waals surface area contributed by atoms with Crippen molar-refractivity contribution in [1.82, 2.24) is 5.32 Å². The highest BCUT2D eigenvalue weighted by Gasteiger charge is 2.26. The van der Waals surface area contributed by atoms with E-state index in [0.717, 1.165) is 11.8 Å². The van der Waals surface area contributed by atoms with Gasteiger partial charge in [0.15, 0.2) is 0 Å². The van der Waals surface area contributed by atoms with Crippen LogP contribution in [0.25, 0.3) is 0 Å². The topological polar surface area (TPSA) is 12.0 Å². The summed E-state index contributed by atoms with van der Waals surface area (Å²) >= 11 is 0. The number of rotatable bonds is 5. The molecule has 0 aromatic heterocycles. The average Bonchev–Trinajstić information content (AvgIpc) is 2.15. The lowest BCUT2D eigenvalue weighted by molar-refractivity contribution is 0.202. The number of nitrogens with one attached hydrogen (secondary N) is 1. The maximum atomic E-state index is 3.35. The molecule has 0 bridgehead atoms. The van der Waals surface area contributed by atoms with Crippen molar-refractivity contribution in [3.63, 3.8) is 0 Å². The summed E-state index contributed by atoms with van der Waals surface area (Å²) in [5.74, 6) is 1.80. The minimum Gasteiger partial charge on any atom is -0.319 e. The van der Waals surface area contributed by atoms with Crippen LogP contribution in [0.2, 0.25) is 0 Å². The molecule has 1 saturated carbocycles. The second kappa shape index (κ2) is 5.49. The summed E-state index contributed by atoms with van der Waals surface area (Å²) in [6, 6.07) is 8.97. The predicted molar refractivity (Wildman–Crippen MR) is 69.6 cm³/mol. The first-order valence-electron chi connectivity index (χ1n) is 6.49. The van der Waals surface area contributed by atoms with Crippen LogP contribution in [0, 0.1) is 18.8 Å². The molecule has 0 radical (unpaired) electrons. The van der Waals surface area contributed by atoms with E-state index in [4.69, 9.17) is 0 Å². The third-order valence-electron chi connectivity index (χ3n) is 3.86. The van der Waals surface area contributed by atoms with Gasteiger partial charge in [0.2, 0.25) is 0 Å². The first kappa shape index (κ1) is 11.7. The number of benzene rings is 1. The van der Waals surface area contributed by atoms with Gasteiger partial charge in [0.1, 0.15) is 0 Å². The van der Waals surface area contributed by atoms with Crippen molar-refractivity contribution in [2.24, 2.45) is 11.8 Å². The van der Waals surface area contributed by atoms with Crippen LogP contribution in [0.4, 0.5) is 0 Å². The van der Waals surface area contributed by atoms with Crippen LogP contribution in [-0.2, 0) is 6.42 Å². The molecule has 1 aliphatic rings. The number of hydrogen-bond donors (Lipinski definition) is 1. The molecule has 1 aromatic rings. The molecule has 0 spiro atoms. The Kier molecular flexibility index (Phi) is 4.00. The minimum absolute atomic E-state index is 0.834. The van der Waals surface area contributed by atoms with E-state index in [1.165, 1.54) is 43.4 Å². The summed E-state index contributed by atoms with van der Waals surface area (Å²) in [5, 5.41) is 3.35. The van der Waals surface area contributed by atoms with Crippen LogP contribution in [0.5, 0.6) is 0 Å². The number of hydrogen-bond acceptors (Lipinski definition) is 1. The molecular weight excluding hydrogens is 194 g/mol. The highest BCUT2D eigenvalue weighted by atomic mass is 14.8. The maximum Gasteiger partial charge on any atom is -0.00177 e. The van der Waals surface area contributed by atoms with E-state index in [9.17, 15) is 0 Å². The van der Waals surface area contributed by atoms with Gasteiger partial charge < -0.3 is 5.32 Å². The van der Waals surface area contributed by atoms with Gasteiger partial charge in [0.05, 0.1) is 0 Å². The summed E-state index contributed by atoms with van der Waals surface area (Å²) in [6.07, 6.45) is 5.57. The third kappa shape index (κ3) is 2.85. The van der Waals surface area contributed by atoms with Gasteiger partial charge in [-0.05, 0) is 44.3 Å². The van der Waals surface area contributed by atoms with Gasteiger partial charge in [-0.2, -0.15) is 0 Å². The molecule has 2 rings (SSSR count). The van der Waals surface area contributed by atoms with Crippen LogP contribution in [0.1, 0.15) is 30.4 Å². The molecule has 88 valence electrons. The van der Waals surface area contributed by atoms with Crippen LogP contribution in [0.3, 0.4) is 0 Å². The van der Waals surface area contributed by atoms with E-state index in [1.54, 1.807) is 0 Å². The van der Waals surface area contributed by atoms with Crippen molar-refractivity contribution in [1.29, 1.82) is 0 Å². The molecule has 0 amide bonds. The molecule has 0 heterocycles. The molecule has 1 heteroatoms. The summed E-state index contributed by atoms with van der Waals surface area (Å²) in [7, 11) is 2.07. The van der Waals surface area contributed by atoms with Gasteiger partial charge in [-0.1, -0.05) is 49.1 Å². The van der Waals surface area contributed by atoms with E-state index < -0.39 is 0 Å². The molecule has 1 unspecified atom stereocenters. The highest BCUT2D eigenvalue weighted by Crippen LogP contribution is 2.34. The van der Waals surface area contributed by atoms with E-state index in [0.29, 0.717) is 0 Å². The average molecular weight is 217 g/mol. The SMILES string of the molecule is CNCC(Cc1cccc(C)c1)C1CCC1. The minimum atomic E-state index is 0.834. The van der Waals surface area contributed by atoms with Gasteiger partial charge in [-0.3, -0.25) is 0 Å². The molecule has 0 aliphatic heterocycles. The Hall–Kier alpha value is -0.820. The van der Waals surface area contributed by atoms with Gasteiger partial charge >= 0.3 is 0 Å². The molecule has 0 saturated heterocycles. The van der Waals surface area contributed by atoms with E-state index >= 15 is 0 Å². The fourth-order valence-electron chi connectivity index (χ4n) is 2.72. The molecular formula is C15H23N. The van der Waals surface area contributed by atoms with Gasteiger partial charge in [-0.25, -0.2) is 0 Å². The Bertz CT molecular complexity index is 328. The Balaban J connectivity index is 1.98. The summed E-state index contributed by atoms with van der Waals surface area (Å²) in [6.45, 7) is 3.35. The Morgan fingerprint density at radius 2 is 2.19 bits per heavy atom. The quantitative estimate of drug-likeness (QED) is 0.799. The van der Waals surface area contributed by atoms with Crippen molar-refractivity contribution >= 4 is 0 Å². The molecule has 1 aromatic carbocycles. The van der Waals surface area contributed by atoms with Gasteiger partial charge in [0, 0.05) is 0 Å². The third-order valence-corrected chi connectivity index (χ3v) is 3.86. The predicted octanol–water partition coefficient (Wildman–Crippen LogP) is 3.17. The second-order valence-corrected chi connectivity index (χ2v) is 5.20. The smallest absolute Gasteiger partial charge is 0.00177 e. The summed E-state index contributed by atoms with van der Waals surface area (Å²) in [5.41, 5.74) is 2.89. The zero-order valence-corrected chi connectivity index (χ0v) is 10.5. The largest absolute Gasteiger partial charge is 0.319 e. The highest BCUT2D eigenvalue weighted by molar-refractivity contribution is 5.22. The molecule has 1 aliphatic carbocycles. The lowest BCUT2D eigenvalue weighted by atomic mass is 9.73. The fraction of sp³-hybridized carbons (Fsp3) is 0.600. The first-order valence-corrected chi connectivity index (χ1v) is 6.49. The second-order valence-electron chi connectivity index (χ2n) is 5.20. The normalized spacial score (nSPS) is 18.1. The number of aryl methyl sites for hydroxylation is 1. The first-order chi connectivity index (χ1) is 7.79. The standard InChI is InChI=1S/C15H23N/c1-12-5-3-6-13(9-12)10-15(11-16-2)14-7-4-8-14/h3,5-6,9,14-16H,4,7-8,10-11H2,1-2H3. The molecule has 16 heavy (non-hydrogen) atoms. The van der Waals surface area contributed by atoms with Gasteiger partial charge in [-0.15, -0.1) is 0 Å². The Morgan fingerprint density at radius 3 is 2.75 bits per heavy atom. The fourth-order valence-corrected chi connectivity index (χ4v) is 2.72. The van der Waals surface area contributed by atoms with E-state index in [-0.39, 0.29) is 0 Å². The monoisotopic (exact) mass is 217 g/mol. The zero-order chi connectivity index (χ0) is 11.4. The van der Waals surface area contributed by atoms with E-state index in [2.05, 4.69) is 43.6 Å². The summed E-state index contributed by atoms with van der Waals surface area (Å²) < 4.78 is 0. The molecule has 1 N–H and O–H groups in total. The lowest BCUT2D eigenvalue weighted by Gasteiger charge is -2.34. The zero-order valence-electron chi connectivity index (χ0n) is 10.5. The maximum absolute atomic E-state index is 3.35. The lowest BCUT2D eigenvalue weighted by Crippen LogP contribution is -2.31. The van der Waals surface area contributed by atoms with Gasteiger partial charge in [0.25, 0.3) is 0 Å². The van der Waals surface area contributed by atoms with Crippen LogP contribution in [0.15, 0.2) is 24.3 Å². The molecule has 1 nitrogen and oxygen atoms in total. The van der Waals surface area contributed by atoms with E-state index in [1.807, 2.05) is 0 Å². The van der Waals surface area contributed by atoms with Crippen molar-refractivity contribution in [2.75, 3.05) is 13.6 Å². The van der Waals surface area contributed by atoms with Crippen molar-refractivity contribution < 1.29 is 0 Å². The van der Waals surface area contributed by atoms with Crippen molar-refractivity contribution in [3.8, 4) is 0 Å². The Morgan fingerprint density at radius 1 is 1.38 bits per heavy atom. The molecule has 1 atom stereocenters. The van der Waals surface area contributed by atoms with Crippen molar-refractivity contribution in [2.45, 2.75) is 32.6 Å². The van der Waals surface area contributed by atoms with Crippen LogP contribution < -0.4 is 5.32 Å².